The Balaban J connectivity index is 1.95. The minimum absolute atomic E-state index is 0.0851. The summed E-state index contributed by atoms with van der Waals surface area (Å²) in [5, 5.41) is 14.2. The van der Waals surface area contributed by atoms with Gasteiger partial charge in [-0.3, -0.25) is 14.9 Å². The van der Waals surface area contributed by atoms with Crippen LogP contribution in [-0.2, 0) is 4.74 Å². The molecule has 0 radical (unpaired) electrons. The third-order valence-corrected chi connectivity index (χ3v) is 4.53. The Hall–Kier alpha value is -2.84. The first-order chi connectivity index (χ1) is 13.0. The number of benzene rings is 2. The highest BCUT2D eigenvalue weighted by molar-refractivity contribution is 6.34. The van der Waals surface area contributed by atoms with E-state index in [0.29, 0.717) is 49.0 Å². The van der Waals surface area contributed by atoms with Gasteiger partial charge in [0.25, 0.3) is 11.6 Å². The van der Waals surface area contributed by atoms with Crippen molar-refractivity contribution in [1.82, 2.24) is 0 Å². The molecule has 1 aliphatic heterocycles. The Labute approximate surface area is 160 Å². The minimum atomic E-state index is -0.484. The average molecular weight is 392 g/mol. The van der Waals surface area contributed by atoms with Gasteiger partial charge in [-0.1, -0.05) is 23.7 Å². The highest BCUT2D eigenvalue weighted by Crippen LogP contribution is 2.37. The number of morpholine rings is 1. The van der Waals surface area contributed by atoms with Crippen LogP contribution < -0.4 is 15.0 Å². The number of nitro groups is 1. The number of halogens is 1. The fourth-order valence-corrected chi connectivity index (χ4v) is 3.08. The van der Waals surface area contributed by atoms with Crippen LogP contribution in [0.25, 0.3) is 0 Å². The molecule has 1 heterocycles. The zero-order valence-electron chi connectivity index (χ0n) is 14.6. The van der Waals surface area contributed by atoms with E-state index < -0.39 is 10.8 Å². The summed E-state index contributed by atoms with van der Waals surface area (Å²) in [6, 6.07) is 9.55. The van der Waals surface area contributed by atoms with Crippen LogP contribution >= 0.6 is 11.6 Å². The first-order valence-electron chi connectivity index (χ1n) is 8.26. The molecule has 0 spiro atoms. The molecule has 1 fully saturated rings. The zero-order valence-corrected chi connectivity index (χ0v) is 15.4. The third kappa shape index (κ3) is 4.12. The summed E-state index contributed by atoms with van der Waals surface area (Å²) < 4.78 is 10.5. The van der Waals surface area contributed by atoms with Gasteiger partial charge < -0.3 is 19.7 Å². The second kappa shape index (κ2) is 8.24. The van der Waals surface area contributed by atoms with Crippen LogP contribution in [0.15, 0.2) is 36.4 Å². The van der Waals surface area contributed by atoms with E-state index in [9.17, 15) is 14.9 Å². The predicted octanol–water partition coefficient (Wildman–Crippen LogP) is 3.35. The molecular formula is C18H18ClN3O5. The molecule has 2 aromatic rings. The van der Waals surface area contributed by atoms with Crippen LogP contribution in [0, 0.1) is 10.1 Å². The molecule has 8 nitrogen and oxygen atoms in total. The Morgan fingerprint density at radius 1 is 1.30 bits per heavy atom. The smallest absolute Gasteiger partial charge is 0.294 e. The zero-order chi connectivity index (χ0) is 19.4. The van der Waals surface area contributed by atoms with Gasteiger partial charge in [-0.2, -0.15) is 0 Å². The van der Waals surface area contributed by atoms with Gasteiger partial charge in [0.05, 0.1) is 41.5 Å². The SMILES string of the molecule is COc1ccccc1C(=O)Nc1cc(N2CCOCC2)c([N+](=O)[O-])cc1Cl. The topological polar surface area (TPSA) is 93.9 Å². The highest BCUT2D eigenvalue weighted by Gasteiger charge is 2.25. The van der Waals surface area contributed by atoms with Gasteiger partial charge in [-0.25, -0.2) is 0 Å². The van der Waals surface area contributed by atoms with Gasteiger partial charge in [0.1, 0.15) is 11.4 Å². The Bertz CT molecular complexity index is 868. The molecule has 142 valence electrons. The molecule has 0 atom stereocenters. The number of carbonyl (C=O) groups is 1. The number of nitrogens with zero attached hydrogens (tertiary/aromatic N) is 2. The average Bonchev–Trinajstić information content (AvgIpc) is 2.69. The molecule has 0 unspecified atom stereocenters. The second-order valence-electron chi connectivity index (χ2n) is 5.83. The summed E-state index contributed by atoms with van der Waals surface area (Å²) in [4.78, 5) is 25.4. The standard InChI is InChI=1S/C18H18ClN3O5/c1-26-17-5-3-2-4-12(17)18(23)20-14-11-15(21-6-8-27-9-7-21)16(22(24)25)10-13(14)19/h2-5,10-11H,6-9H2,1H3,(H,20,23). The van der Waals surface area contributed by atoms with Crippen molar-refractivity contribution in [3.63, 3.8) is 0 Å². The van der Waals surface area contributed by atoms with E-state index in [1.165, 1.54) is 19.2 Å². The van der Waals surface area contributed by atoms with Crippen LogP contribution in [0.5, 0.6) is 5.75 Å². The first kappa shape index (κ1) is 18.9. The molecule has 1 saturated heterocycles. The maximum atomic E-state index is 12.6. The van der Waals surface area contributed by atoms with Gasteiger partial charge in [0.15, 0.2) is 0 Å². The number of anilines is 2. The second-order valence-corrected chi connectivity index (χ2v) is 6.24. The number of amides is 1. The maximum absolute atomic E-state index is 12.6. The number of carbonyl (C=O) groups excluding carboxylic acids is 1. The summed E-state index contributed by atoms with van der Waals surface area (Å²) in [7, 11) is 1.47. The lowest BCUT2D eigenvalue weighted by Gasteiger charge is -2.29. The van der Waals surface area contributed by atoms with E-state index in [-0.39, 0.29) is 10.7 Å². The lowest BCUT2D eigenvalue weighted by Crippen LogP contribution is -2.36. The summed E-state index contributed by atoms with van der Waals surface area (Å²) in [6.45, 7) is 1.98. The van der Waals surface area contributed by atoms with Crippen molar-refractivity contribution in [2.75, 3.05) is 43.6 Å². The van der Waals surface area contributed by atoms with E-state index >= 15 is 0 Å². The molecule has 1 aliphatic rings. The quantitative estimate of drug-likeness (QED) is 0.620. The molecule has 0 aliphatic carbocycles. The van der Waals surface area contributed by atoms with Crippen molar-refractivity contribution >= 4 is 34.6 Å². The molecule has 1 N–H and O–H groups in total. The molecule has 2 aromatic carbocycles. The first-order valence-corrected chi connectivity index (χ1v) is 8.64. The number of methoxy groups -OCH3 is 1. The van der Waals surface area contributed by atoms with Crippen molar-refractivity contribution in [2.24, 2.45) is 0 Å². The van der Waals surface area contributed by atoms with Gasteiger partial charge in [-0.05, 0) is 18.2 Å². The molecule has 27 heavy (non-hydrogen) atoms. The Morgan fingerprint density at radius 3 is 2.67 bits per heavy atom. The molecule has 3 rings (SSSR count). The van der Waals surface area contributed by atoms with Gasteiger partial charge >= 0.3 is 0 Å². The normalized spacial score (nSPS) is 13.9. The van der Waals surface area contributed by atoms with E-state index in [1.54, 1.807) is 24.3 Å². The predicted molar refractivity (Wildman–Crippen MR) is 102 cm³/mol. The maximum Gasteiger partial charge on any atom is 0.294 e. The van der Waals surface area contributed by atoms with Crippen LogP contribution in [0.2, 0.25) is 5.02 Å². The Kier molecular flexibility index (Phi) is 5.78. The summed E-state index contributed by atoms with van der Waals surface area (Å²) in [5.74, 6) is -0.00225. The van der Waals surface area contributed by atoms with Crippen molar-refractivity contribution in [3.05, 3.63) is 57.1 Å². The van der Waals surface area contributed by atoms with Crippen molar-refractivity contribution < 1.29 is 19.2 Å². The number of nitro benzene ring substituents is 1. The molecule has 0 bridgehead atoms. The lowest BCUT2D eigenvalue weighted by atomic mass is 10.1. The number of hydrogen-bond donors (Lipinski definition) is 1. The molecular weight excluding hydrogens is 374 g/mol. The molecule has 0 aromatic heterocycles. The number of hydrogen-bond acceptors (Lipinski definition) is 6. The van der Waals surface area contributed by atoms with E-state index in [2.05, 4.69) is 5.32 Å². The number of para-hydroxylation sites is 1. The van der Waals surface area contributed by atoms with Crippen molar-refractivity contribution in [1.29, 1.82) is 0 Å². The van der Waals surface area contributed by atoms with Crippen LogP contribution in [-0.4, -0.2) is 44.2 Å². The largest absolute Gasteiger partial charge is 0.496 e. The third-order valence-electron chi connectivity index (χ3n) is 4.21. The van der Waals surface area contributed by atoms with E-state index in [4.69, 9.17) is 21.1 Å². The fraction of sp³-hybridized carbons (Fsp3) is 0.278. The number of rotatable bonds is 5. The van der Waals surface area contributed by atoms with Gasteiger partial charge in [-0.15, -0.1) is 0 Å². The highest BCUT2D eigenvalue weighted by atomic mass is 35.5. The summed E-state index contributed by atoms with van der Waals surface area (Å²) >= 11 is 6.20. The van der Waals surface area contributed by atoms with Crippen LogP contribution in [0.3, 0.4) is 0 Å². The van der Waals surface area contributed by atoms with Gasteiger partial charge in [0, 0.05) is 19.2 Å². The Morgan fingerprint density at radius 2 is 2.00 bits per heavy atom. The van der Waals surface area contributed by atoms with E-state index in [0.717, 1.165) is 0 Å². The fourth-order valence-electron chi connectivity index (χ4n) is 2.87. The molecule has 0 saturated carbocycles. The van der Waals surface area contributed by atoms with Crippen LogP contribution in [0.1, 0.15) is 10.4 Å². The summed E-state index contributed by atoms with van der Waals surface area (Å²) in [5.41, 5.74) is 0.905. The number of nitrogens with one attached hydrogen (secondary N) is 1. The van der Waals surface area contributed by atoms with E-state index in [1.807, 2.05) is 4.90 Å². The monoisotopic (exact) mass is 391 g/mol. The molecule has 1 amide bonds. The molecule has 9 heteroatoms. The lowest BCUT2D eigenvalue weighted by molar-refractivity contribution is -0.384. The minimum Gasteiger partial charge on any atom is -0.496 e. The number of ether oxygens (including phenoxy) is 2. The van der Waals surface area contributed by atoms with Gasteiger partial charge in [0.2, 0.25) is 0 Å². The summed E-state index contributed by atoms with van der Waals surface area (Å²) in [6.07, 6.45) is 0. The van der Waals surface area contributed by atoms with Crippen molar-refractivity contribution in [3.8, 4) is 5.75 Å². The van der Waals surface area contributed by atoms with Crippen LogP contribution in [0.4, 0.5) is 17.1 Å². The van der Waals surface area contributed by atoms with Crippen molar-refractivity contribution in [2.45, 2.75) is 0 Å².